The van der Waals surface area contributed by atoms with Gasteiger partial charge in [-0.15, -0.1) is 5.06 Å². The number of hydrogen-bond acceptors (Lipinski definition) is 7. The molecule has 0 aromatic heterocycles. The molecule has 1 saturated carbocycles. The molecule has 4 atom stereocenters. The van der Waals surface area contributed by atoms with Gasteiger partial charge < -0.3 is 25.3 Å². The van der Waals surface area contributed by atoms with Crippen LogP contribution in [0.3, 0.4) is 0 Å². The lowest BCUT2D eigenvalue weighted by Gasteiger charge is -2.16. The second-order valence-corrected chi connectivity index (χ2v) is 8.89. The van der Waals surface area contributed by atoms with Crippen LogP contribution in [0.1, 0.15) is 57.8 Å². The van der Waals surface area contributed by atoms with Gasteiger partial charge in [0.25, 0.3) is 11.8 Å². The summed E-state index contributed by atoms with van der Waals surface area (Å²) in [7, 11) is 0. The maximum atomic E-state index is 12.5. The summed E-state index contributed by atoms with van der Waals surface area (Å²) in [6, 6.07) is 0. The number of aliphatic hydroxyl groups excluding tert-OH is 1. The number of amides is 4. The molecule has 2 bridgehead atoms. The summed E-state index contributed by atoms with van der Waals surface area (Å²) < 4.78 is 5.11. The molecule has 10 heteroatoms. The van der Waals surface area contributed by atoms with E-state index in [1.807, 2.05) is 12.2 Å². The third-order valence-corrected chi connectivity index (χ3v) is 6.53. The molecule has 1 aliphatic heterocycles. The Bertz CT molecular complexity index is 712. The van der Waals surface area contributed by atoms with Crippen molar-refractivity contribution in [3.05, 3.63) is 12.2 Å². The molecular formula is C23H35N3O7. The minimum Gasteiger partial charge on any atom is -0.450 e. The van der Waals surface area contributed by atoms with Crippen LogP contribution in [-0.4, -0.2) is 60.5 Å². The van der Waals surface area contributed by atoms with E-state index in [4.69, 9.17) is 14.7 Å². The van der Waals surface area contributed by atoms with Crippen molar-refractivity contribution in [2.24, 2.45) is 23.7 Å². The van der Waals surface area contributed by atoms with Crippen molar-refractivity contribution in [1.82, 2.24) is 15.7 Å². The van der Waals surface area contributed by atoms with Crippen LogP contribution in [0.2, 0.25) is 0 Å². The standard InChI is InChI=1S/C23H35N3O7/c27-13-7-3-1-5-11-24-22(30)32-14-8-4-2-6-12-25-23(31)33-26-20(28)18-16-9-10-17(15-16)19(18)21(26)29/h9-10,16-19,27H,1-8,11-15H2,(H,24,30)(H,25,31). The summed E-state index contributed by atoms with van der Waals surface area (Å²) in [4.78, 5) is 53.5. The Kier molecular flexibility index (Phi) is 9.53. The highest BCUT2D eigenvalue weighted by Crippen LogP contribution is 2.52. The van der Waals surface area contributed by atoms with Crippen molar-refractivity contribution in [1.29, 1.82) is 0 Å². The van der Waals surface area contributed by atoms with Crippen LogP contribution in [0.5, 0.6) is 0 Å². The lowest BCUT2D eigenvalue weighted by molar-refractivity contribution is -0.174. The number of rotatable bonds is 14. The first-order chi connectivity index (χ1) is 16.0. The van der Waals surface area contributed by atoms with E-state index in [2.05, 4.69) is 10.6 Å². The van der Waals surface area contributed by atoms with Crippen LogP contribution in [0.4, 0.5) is 9.59 Å². The van der Waals surface area contributed by atoms with E-state index in [1.54, 1.807) is 0 Å². The minimum absolute atomic E-state index is 0.0746. The van der Waals surface area contributed by atoms with E-state index in [0.717, 1.165) is 51.4 Å². The first-order valence-corrected chi connectivity index (χ1v) is 12.1. The molecule has 0 aromatic carbocycles. The lowest BCUT2D eigenvalue weighted by Crippen LogP contribution is -2.39. The van der Waals surface area contributed by atoms with Gasteiger partial charge in [0.1, 0.15) is 0 Å². The number of carbonyl (C=O) groups is 4. The number of allylic oxidation sites excluding steroid dienone is 2. The Labute approximate surface area is 194 Å². The zero-order chi connectivity index (χ0) is 23.6. The topological polar surface area (TPSA) is 134 Å². The van der Waals surface area contributed by atoms with Crippen LogP contribution < -0.4 is 10.6 Å². The number of hydroxylamine groups is 2. The minimum atomic E-state index is -0.798. The van der Waals surface area contributed by atoms with Crippen LogP contribution in [0.15, 0.2) is 12.2 Å². The Morgan fingerprint density at radius 3 is 2.00 bits per heavy atom. The quantitative estimate of drug-likeness (QED) is 0.203. The highest BCUT2D eigenvalue weighted by molar-refractivity contribution is 6.06. The molecule has 3 aliphatic rings. The largest absolute Gasteiger partial charge is 0.450 e. The third-order valence-electron chi connectivity index (χ3n) is 6.53. The molecule has 2 aliphatic carbocycles. The monoisotopic (exact) mass is 465 g/mol. The molecule has 184 valence electrons. The summed E-state index contributed by atoms with van der Waals surface area (Å²) in [5.41, 5.74) is 0. The number of aliphatic hydroxyl groups is 1. The summed E-state index contributed by atoms with van der Waals surface area (Å²) in [6.45, 7) is 1.48. The second kappa shape index (κ2) is 12.6. The van der Waals surface area contributed by atoms with E-state index in [1.165, 1.54) is 0 Å². The summed E-state index contributed by atoms with van der Waals surface area (Å²) in [6.07, 6.45) is 10.3. The summed E-state index contributed by atoms with van der Waals surface area (Å²) in [5, 5.41) is 14.6. The van der Waals surface area contributed by atoms with Crippen molar-refractivity contribution >= 4 is 24.0 Å². The summed E-state index contributed by atoms with van der Waals surface area (Å²) >= 11 is 0. The fraction of sp³-hybridized carbons (Fsp3) is 0.739. The van der Waals surface area contributed by atoms with Crippen LogP contribution in [-0.2, 0) is 19.2 Å². The SMILES string of the molecule is O=C(NCCCCCCO)OCCCCCCNC(=O)ON1C(=O)C2C3C=CC(C3)C2C1=O. The molecule has 4 amide bonds. The van der Waals surface area contributed by atoms with Gasteiger partial charge >= 0.3 is 12.2 Å². The number of fused-ring (bicyclic) bond motifs is 5. The Balaban J connectivity index is 1.16. The second-order valence-electron chi connectivity index (χ2n) is 8.89. The molecule has 2 fully saturated rings. The lowest BCUT2D eigenvalue weighted by atomic mass is 9.85. The molecule has 33 heavy (non-hydrogen) atoms. The van der Waals surface area contributed by atoms with E-state index in [0.29, 0.717) is 31.2 Å². The van der Waals surface area contributed by atoms with Gasteiger partial charge in [-0.25, -0.2) is 9.59 Å². The van der Waals surface area contributed by atoms with E-state index >= 15 is 0 Å². The number of unbranched alkanes of at least 4 members (excludes halogenated alkanes) is 6. The number of nitrogens with one attached hydrogen (secondary N) is 2. The van der Waals surface area contributed by atoms with Crippen molar-refractivity contribution in [2.45, 2.75) is 57.8 Å². The van der Waals surface area contributed by atoms with Crippen molar-refractivity contribution in [3.63, 3.8) is 0 Å². The van der Waals surface area contributed by atoms with Crippen molar-refractivity contribution < 1.29 is 33.9 Å². The first-order valence-electron chi connectivity index (χ1n) is 12.1. The molecule has 3 rings (SSSR count). The smallest absolute Gasteiger partial charge is 0.432 e. The fourth-order valence-corrected chi connectivity index (χ4v) is 4.85. The van der Waals surface area contributed by atoms with Gasteiger partial charge in [-0.3, -0.25) is 9.59 Å². The average Bonchev–Trinajstić information content (AvgIpc) is 3.48. The predicted molar refractivity (Wildman–Crippen MR) is 117 cm³/mol. The maximum Gasteiger partial charge on any atom is 0.432 e. The molecule has 1 heterocycles. The molecular weight excluding hydrogens is 430 g/mol. The van der Waals surface area contributed by atoms with Gasteiger partial charge in [0.15, 0.2) is 0 Å². The van der Waals surface area contributed by atoms with E-state index < -0.39 is 24.0 Å². The molecule has 0 aromatic rings. The van der Waals surface area contributed by atoms with Crippen molar-refractivity contribution in [3.8, 4) is 0 Å². The molecule has 3 N–H and O–H groups in total. The van der Waals surface area contributed by atoms with Gasteiger partial charge in [-0.2, -0.15) is 0 Å². The highest BCUT2D eigenvalue weighted by Gasteiger charge is 2.60. The summed E-state index contributed by atoms with van der Waals surface area (Å²) in [5.74, 6) is -1.45. The predicted octanol–water partition coefficient (Wildman–Crippen LogP) is 2.27. The van der Waals surface area contributed by atoms with Crippen LogP contribution in [0, 0.1) is 23.7 Å². The highest BCUT2D eigenvalue weighted by atomic mass is 16.7. The molecule has 4 unspecified atom stereocenters. The maximum absolute atomic E-state index is 12.5. The van der Waals surface area contributed by atoms with Gasteiger partial charge in [0.2, 0.25) is 0 Å². The van der Waals surface area contributed by atoms with Gasteiger partial charge in [0.05, 0.1) is 18.4 Å². The number of carbonyl (C=O) groups excluding carboxylic acids is 4. The molecule has 0 spiro atoms. The van der Waals surface area contributed by atoms with E-state index in [9.17, 15) is 19.2 Å². The Hall–Kier alpha value is -2.62. The number of nitrogens with zero attached hydrogens (tertiary/aromatic N) is 1. The molecule has 0 radical (unpaired) electrons. The molecule has 1 saturated heterocycles. The fourth-order valence-electron chi connectivity index (χ4n) is 4.85. The van der Waals surface area contributed by atoms with Gasteiger partial charge in [-0.1, -0.05) is 31.4 Å². The normalized spacial score (nSPS) is 24.8. The number of imide groups is 1. The van der Waals surface area contributed by atoms with Crippen molar-refractivity contribution in [2.75, 3.05) is 26.3 Å². The third kappa shape index (κ3) is 6.69. The molecule has 10 nitrogen and oxygen atoms in total. The first kappa shape index (κ1) is 25.0. The van der Waals surface area contributed by atoms with Gasteiger partial charge in [0, 0.05) is 19.7 Å². The number of hydrogen-bond donors (Lipinski definition) is 3. The average molecular weight is 466 g/mol. The van der Waals surface area contributed by atoms with Crippen LogP contribution in [0.25, 0.3) is 0 Å². The van der Waals surface area contributed by atoms with Gasteiger partial charge in [-0.05, 0) is 50.4 Å². The zero-order valence-electron chi connectivity index (χ0n) is 19.0. The van der Waals surface area contributed by atoms with E-state index in [-0.39, 0.29) is 30.3 Å². The number of alkyl carbamates (subject to hydrolysis) is 1. The van der Waals surface area contributed by atoms with Crippen LogP contribution >= 0.6 is 0 Å². The zero-order valence-corrected chi connectivity index (χ0v) is 19.0. The Morgan fingerprint density at radius 1 is 0.848 bits per heavy atom. The number of ether oxygens (including phenoxy) is 1. The Morgan fingerprint density at radius 2 is 1.39 bits per heavy atom.